The lowest BCUT2D eigenvalue weighted by Crippen LogP contribution is -2.34. The van der Waals surface area contributed by atoms with E-state index in [0.29, 0.717) is 12.1 Å². The topological polar surface area (TPSA) is 28.2 Å². The number of nitrogens with zero attached hydrogens (tertiary/aromatic N) is 2. The second kappa shape index (κ2) is 4.75. The molecule has 1 aromatic heterocycles. The summed E-state index contributed by atoms with van der Waals surface area (Å²) in [6, 6.07) is 6.22. The van der Waals surface area contributed by atoms with Crippen molar-refractivity contribution in [1.82, 2.24) is 15.2 Å². The molecule has 0 amide bonds. The minimum Gasteiger partial charge on any atom is -0.306 e. The van der Waals surface area contributed by atoms with Crippen LogP contribution in [0, 0.1) is 0 Å². The SMILES string of the molecule is C[C@H](NC1CCN(C2CC2)C1)c1ccncc1. The summed E-state index contributed by atoms with van der Waals surface area (Å²) in [7, 11) is 0. The van der Waals surface area contributed by atoms with Crippen LogP contribution in [0.15, 0.2) is 24.5 Å². The first kappa shape index (κ1) is 11.2. The summed E-state index contributed by atoms with van der Waals surface area (Å²) >= 11 is 0. The zero-order valence-electron chi connectivity index (χ0n) is 10.5. The summed E-state index contributed by atoms with van der Waals surface area (Å²) in [5.74, 6) is 0. The molecule has 2 fully saturated rings. The van der Waals surface area contributed by atoms with Gasteiger partial charge in [-0.05, 0) is 43.9 Å². The van der Waals surface area contributed by atoms with Crippen molar-refractivity contribution >= 4 is 0 Å². The molecule has 0 bridgehead atoms. The van der Waals surface area contributed by atoms with Crippen LogP contribution >= 0.6 is 0 Å². The molecule has 1 aromatic rings. The van der Waals surface area contributed by atoms with Gasteiger partial charge in [0.25, 0.3) is 0 Å². The molecule has 3 heteroatoms. The maximum Gasteiger partial charge on any atom is 0.0296 e. The van der Waals surface area contributed by atoms with E-state index in [0.717, 1.165) is 6.04 Å². The molecular weight excluding hydrogens is 210 g/mol. The first-order valence-corrected chi connectivity index (χ1v) is 6.73. The second-order valence-corrected chi connectivity index (χ2v) is 5.38. The molecule has 2 atom stereocenters. The van der Waals surface area contributed by atoms with Crippen LogP contribution in [-0.4, -0.2) is 35.1 Å². The van der Waals surface area contributed by atoms with Crippen LogP contribution in [0.3, 0.4) is 0 Å². The Labute approximate surface area is 103 Å². The Kier molecular flexibility index (Phi) is 3.12. The first-order chi connectivity index (χ1) is 8.33. The highest BCUT2D eigenvalue weighted by atomic mass is 15.2. The fraction of sp³-hybridized carbons (Fsp3) is 0.643. The van der Waals surface area contributed by atoms with Gasteiger partial charge >= 0.3 is 0 Å². The van der Waals surface area contributed by atoms with Crippen LogP contribution < -0.4 is 5.32 Å². The molecule has 2 aliphatic rings. The standard InChI is InChI=1S/C14H21N3/c1-11(12-4-7-15-8-5-12)16-13-6-9-17(10-13)14-2-3-14/h4-5,7-8,11,13-14,16H,2-3,6,9-10H2,1H3/t11-,13?/m0/s1. The number of pyridine rings is 1. The highest BCUT2D eigenvalue weighted by molar-refractivity contribution is 5.14. The normalized spacial score (nSPS) is 27.2. The van der Waals surface area contributed by atoms with Crippen molar-refractivity contribution in [1.29, 1.82) is 0 Å². The molecule has 0 aromatic carbocycles. The third-order valence-electron chi connectivity index (χ3n) is 3.97. The van der Waals surface area contributed by atoms with E-state index in [1.54, 1.807) is 0 Å². The molecule has 3 nitrogen and oxygen atoms in total. The minimum absolute atomic E-state index is 0.433. The van der Waals surface area contributed by atoms with Gasteiger partial charge in [-0.3, -0.25) is 9.88 Å². The van der Waals surface area contributed by atoms with Gasteiger partial charge in [-0.15, -0.1) is 0 Å². The fourth-order valence-corrected chi connectivity index (χ4v) is 2.80. The molecule has 0 spiro atoms. The van der Waals surface area contributed by atoms with Gasteiger partial charge in [0, 0.05) is 43.6 Å². The van der Waals surface area contributed by atoms with E-state index < -0.39 is 0 Å². The van der Waals surface area contributed by atoms with E-state index in [-0.39, 0.29) is 0 Å². The Balaban J connectivity index is 1.53. The van der Waals surface area contributed by atoms with E-state index in [1.807, 2.05) is 12.4 Å². The van der Waals surface area contributed by atoms with Crippen molar-refractivity contribution in [2.24, 2.45) is 0 Å². The van der Waals surface area contributed by atoms with Crippen LogP contribution in [0.5, 0.6) is 0 Å². The van der Waals surface area contributed by atoms with Gasteiger partial charge in [0.1, 0.15) is 0 Å². The van der Waals surface area contributed by atoms with Crippen LogP contribution in [-0.2, 0) is 0 Å². The number of hydrogen-bond acceptors (Lipinski definition) is 3. The lowest BCUT2D eigenvalue weighted by Gasteiger charge is -2.20. The van der Waals surface area contributed by atoms with E-state index >= 15 is 0 Å². The molecule has 1 saturated carbocycles. The smallest absolute Gasteiger partial charge is 0.0296 e. The lowest BCUT2D eigenvalue weighted by atomic mass is 10.1. The van der Waals surface area contributed by atoms with Crippen LogP contribution in [0.25, 0.3) is 0 Å². The number of hydrogen-bond donors (Lipinski definition) is 1. The lowest BCUT2D eigenvalue weighted by molar-refractivity contribution is 0.313. The van der Waals surface area contributed by atoms with Crippen LogP contribution in [0.4, 0.5) is 0 Å². The van der Waals surface area contributed by atoms with E-state index in [1.165, 1.54) is 37.9 Å². The van der Waals surface area contributed by atoms with Gasteiger partial charge in [-0.2, -0.15) is 0 Å². The summed E-state index contributed by atoms with van der Waals surface area (Å²) in [5.41, 5.74) is 1.34. The number of nitrogens with one attached hydrogen (secondary N) is 1. The molecule has 1 unspecified atom stereocenters. The van der Waals surface area contributed by atoms with E-state index in [9.17, 15) is 0 Å². The summed E-state index contributed by atoms with van der Waals surface area (Å²) in [6.45, 7) is 4.76. The Hall–Kier alpha value is -0.930. The summed E-state index contributed by atoms with van der Waals surface area (Å²) in [6.07, 6.45) is 7.89. The predicted molar refractivity (Wildman–Crippen MR) is 68.8 cm³/mol. The highest BCUT2D eigenvalue weighted by Gasteiger charge is 2.34. The Bertz CT molecular complexity index is 361. The van der Waals surface area contributed by atoms with Crippen molar-refractivity contribution in [3.63, 3.8) is 0 Å². The van der Waals surface area contributed by atoms with E-state index in [2.05, 4.69) is 34.3 Å². The highest BCUT2D eigenvalue weighted by Crippen LogP contribution is 2.30. The quantitative estimate of drug-likeness (QED) is 0.858. The summed E-state index contributed by atoms with van der Waals surface area (Å²) in [5, 5.41) is 3.74. The maximum atomic E-state index is 4.07. The third-order valence-corrected chi connectivity index (χ3v) is 3.97. The maximum absolute atomic E-state index is 4.07. The molecule has 1 aliphatic heterocycles. The third kappa shape index (κ3) is 2.67. The second-order valence-electron chi connectivity index (χ2n) is 5.38. The van der Waals surface area contributed by atoms with Gasteiger partial charge in [0.2, 0.25) is 0 Å². The van der Waals surface area contributed by atoms with Crippen molar-refractivity contribution in [3.8, 4) is 0 Å². The molecule has 2 heterocycles. The molecular formula is C14H21N3. The van der Waals surface area contributed by atoms with Gasteiger partial charge in [0.05, 0.1) is 0 Å². The van der Waals surface area contributed by atoms with Gasteiger partial charge < -0.3 is 5.32 Å². The van der Waals surface area contributed by atoms with Crippen molar-refractivity contribution in [3.05, 3.63) is 30.1 Å². The zero-order valence-corrected chi connectivity index (χ0v) is 10.5. The van der Waals surface area contributed by atoms with E-state index in [4.69, 9.17) is 0 Å². The predicted octanol–water partition coefficient (Wildman–Crippen LogP) is 1.97. The average molecular weight is 231 g/mol. The largest absolute Gasteiger partial charge is 0.306 e. The van der Waals surface area contributed by atoms with Crippen molar-refractivity contribution in [2.75, 3.05) is 13.1 Å². The molecule has 1 saturated heterocycles. The van der Waals surface area contributed by atoms with Gasteiger partial charge in [-0.25, -0.2) is 0 Å². The van der Waals surface area contributed by atoms with Gasteiger partial charge in [0.15, 0.2) is 0 Å². The Morgan fingerprint density at radius 1 is 1.29 bits per heavy atom. The Morgan fingerprint density at radius 2 is 2.06 bits per heavy atom. The summed E-state index contributed by atoms with van der Waals surface area (Å²) < 4.78 is 0. The van der Waals surface area contributed by atoms with Crippen LogP contribution in [0.2, 0.25) is 0 Å². The number of aromatic nitrogens is 1. The molecule has 3 rings (SSSR count). The van der Waals surface area contributed by atoms with Crippen molar-refractivity contribution in [2.45, 2.75) is 44.3 Å². The molecule has 92 valence electrons. The minimum atomic E-state index is 0.433. The number of rotatable bonds is 4. The number of likely N-dealkylation sites (tertiary alicyclic amines) is 1. The average Bonchev–Trinajstić information content (AvgIpc) is 3.12. The summed E-state index contributed by atoms with van der Waals surface area (Å²) in [4.78, 5) is 6.72. The zero-order chi connectivity index (χ0) is 11.7. The van der Waals surface area contributed by atoms with Gasteiger partial charge in [-0.1, -0.05) is 0 Å². The first-order valence-electron chi connectivity index (χ1n) is 6.73. The monoisotopic (exact) mass is 231 g/mol. The molecule has 17 heavy (non-hydrogen) atoms. The Morgan fingerprint density at radius 3 is 2.76 bits per heavy atom. The molecule has 1 N–H and O–H groups in total. The molecule has 1 aliphatic carbocycles. The van der Waals surface area contributed by atoms with Crippen LogP contribution in [0.1, 0.15) is 37.8 Å². The van der Waals surface area contributed by atoms with Crippen molar-refractivity contribution < 1.29 is 0 Å². The molecule has 0 radical (unpaired) electrons. The fourth-order valence-electron chi connectivity index (χ4n) is 2.80.